The molecule has 3 heteroatoms. The van der Waals surface area contributed by atoms with Gasteiger partial charge in [-0.15, -0.1) is 0 Å². The van der Waals surface area contributed by atoms with Crippen molar-refractivity contribution in [3.05, 3.63) is 71.8 Å². The van der Waals surface area contributed by atoms with E-state index in [1.54, 1.807) is 0 Å². The SMILES string of the molecule is O=C(c1ccccc1)N1CC2CC(CN(Cc3ccccc3)C2)C1. The van der Waals surface area contributed by atoms with Crippen LogP contribution in [-0.2, 0) is 6.54 Å². The number of nitrogens with zero attached hydrogens (tertiary/aromatic N) is 2. The van der Waals surface area contributed by atoms with Crippen molar-refractivity contribution in [1.82, 2.24) is 9.80 Å². The number of benzene rings is 2. The lowest BCUT2D eigenvalue weighted by atomic mass is 9.84. The summed E-state index contributed by atoms with van der Waals surface area (Å²) in [4.78, 5) is 17.4. The minimum Gasteiger partial charge on any atom is -0.338 e. The van der Waals surface area contributed by atoms with Crippen molar-refractivity contribution in [2.24, 2.45) is 11.8 Å². The quantitative estimate of drug-likeness (QED) is 0.866. The standard InChI is InChI=1S/C21H24N2O/c24-21(20-9-5-2-6-10-20)23-15-18-11-19(16-23)14-22(13-18)12-17-7-3-1-4-8-17/h1-10,18-19H,11-16H2. The molecule has 1 amide bonds. The van der Waals surface area contributed by atoms with Gasteiger partial charge in [-0.3, -0.25) is 9.69 Å². The molecule has 2 aromatic rings. The number of carbonyl (C=O) groups is 1. The normalized spacial score (nSPS) is 23.9. The van der Waals surface area contributed by atoms with Crippen LogP contribution in [0, 0.1) is 11.8 Å². The summed E-state index contributed by atoms with van der Waals surface area (Å²) >= 11 is 0. The third kappa shape index (κ3) is 3.36. The highest BCUT2D eigenvalue weighted by atomic mass is 16.2. The lowest BCUT2D eigenvalue weighted by Crippen LogP contribution is -2.53. The Morgan fingerprint density at radius 3 is 2.04 bits per heavy atom. The fourth-order valence-electron chi connectivity index (χ4n) is 4.29. The number of piperidine rings is 2. The highest BCUT2D eigenvalue weighted by molar-refractivity contribution is 5.94. The Morgan fingerprint density at radius 2 is 1.42 bits per heavy atom. The molecule has 2 fully saturated rings. The summed E-state index contributed by atoms with van der Waals surface area (Å²) < 4.78 is 0. The van der Waals surface area contributed by atoms with Gasteiger partial charge in [-0.25, -0.2) is 0 Å². The molecule has 2 aliphatic rings. The van der Waals surface area contributed by atoms with Crippen LogP contribution >= 0.6 is 0 Å². The van der Waals surface area contributed by atoms with Gasteiger partial charge in [0.05, 0.1) is 0 Å². The number of hydrogen-bond donors (Lipinski definition) is 0. The van der Waals surface area contributed by atoms with Crippen molar-refractivity contribution < 1.29 is 4.79 Å². The van der Waals surface area contributed by atoms with Gasteiger partial charge in [0.2, 0.25) is 0 Å². The Kier molecular flexibility index (Phi) is 4.35. The molecule has 0 radical (unpaired) electrons. The van der Waals surface area contributed by atoms with E-state index in [2.05, 4.69) is 40.1 Å². The zero-order valence-corrected chi connectivity index (χ0v) is 14.0. The number of rotatable bonds is 3. The number of fused-ring (bicyclic) bond motifs is 2. The van der Waals surface area contributed by atoms with Crippen LogP contribution in [-0.4, -0.2) is 41.9 Å². The molecule has 24 heavy (non-hydrogen) atoms. The van der Waals surface area contributed by atoms with Crippen molar-refractivity contribution in [2.45, 2.75) is 13.0 Å². The van der Waals surface area contributed by atoms with Crippen LogP contribution in [0.25, 0.3) is 0 Å². The van der Waals surface area contributed by atoms with E-state index in [4.69, 9.17) is 0 Å². The van der Waals surface area contributed by atoms with Crippen LogP contribution in [0.5, 0.6) is 0 Å². The molecule has 2 aliphatic heterocycles. The summed E-state index contributed by atoms with van der Waals surface area (Å²) in [5, 5.41) is 0. The van der Waals surface area contributed by atoms with Crippen LogP contribution < -0.4 is 0 Å². The Labute approximate surface area is 143 Å². The first-order valence-corrected chi connectivity index (χ1v) is 8.88. The van der Waals surface area contributed by atoms with Crippen LogP contribution in [0.4, 0.5) is 0 Å². The average molecular weight is 320 g/mol. The van der Waals surface area contributed by atoms with Crippen molar-refractivity contribution in [1.29, 1.82) is 0 Å². The monoisotopic (exact) mass is 320 g/mol. The van der Waals surface area contributed by atoms with Gasteiger partial charge in [-0.05, 0) is 36.0 Å². The molecule has 124 valence electrons. The number of likely N-dealkylation sites (tertiary alicyclic amines) is 2. The molecule has 2 atom stereocenters. The fraction of sp³-hybridized carbons (Fsp3) is 0.381. The zero-order valence-electron chi connectivity index (χ0n) is 14.0. The maximum Gasteiger partial charge on any atom is 0.253 e. The summed E-state index contributed by atoms with van der Waals surface area (Å²) in [5.74, 6) is 1.41. The minimum atomic E-state index is 0.196. The van der Waals surface area contributed by atoms with Crippen molar-refractivity contribution >= 4 is 5.91 Å². The molecular weight excluding hydrogens is 296 g/mol. The van der Waals surface area contributed by atoms with Crippen LogP contribution in [0.15, 0.2) is 60.7 Å². The summed E-state index contributed by atoms with van der Waals surface area (Å²) in [5.41, 5.74) is 2.20. The molecular formula is C21H24N2O. The van der Waals surface area contributed by atoms with Gasteiger partial charge in [-0.2, -0.15) is 0 Å². The molecule has 0 aliphatic carbocycles. The lowest BCUT2D eigenvalue weighted by molar-refractivity contribution is 0.0238. The van der Waals surface area contributed by atoms with Gasteiger partial charge in [0.1, 0.15) is 0 Å². The maximum absolute atomic E-state index is 12.7. The van der Waals surface area contributed by atoms with E-state index < -0.39 is 0 Å². The second kappa shape index (κ2) is 6.78. The summed E-state index contributed by atoms with van der Waals surface area (Å²) in [7, 11) is 0. The molecule has 3 nitrogen and oxygen atoms in total. The fourth-order valence-corrected chi connectivity index (χ4v) is 4.29. The predicted octanol–water partition coefficient (Wildman–Crippen LogP) is 3.28. The first kappa shape index (κ1) is 15.4. The smallest absolute Gasteiger partial charge is 0.253 e. The minimum absolute atomic E-state index is 0.196. The topological polar surface area (TPSA) is 23.6 Å². The first-order chi connectivity index (χ1) is 11.8. The number of hydrogen-bond acceptors (Lipinski definition) is 2. The van der Waals surface area contributed by atoms with Gasteiger partial charge in [0, 0.05) is 38.3 Å². The van der Waals surface area contributed by atoms with E-state index in [1.807, 2.05) is 30.3 Å². The van der Waals surface area contributed by atoms with Gasteiger partial charge in [0.15, 0.2) is 0 Å². The number of amides is 1. The third-order valence-electron chi connectivity index (χ3n) is 5.21. The lowest BCUT2D eigenvalue weighted by Gasteiger charge is -2.46. The molecule has 2 saturated heterocycles. The highest BCUT2D eigenvalue weighted by Gasteiger charge is 2.35. The van der Waals surface area contributed by atoms with Crippen LogP contribution in [0.3, 0.4) is 0 Å². The van der Waals surface area contributed by atoms with Crippen molar-refractivity contribution in [3.63, 3.8) is 0 Å². The van der Waals surface area contributed by atoms with E-state index >= 15 is 0 Å². The molecule has 4 rings (SSSR count). The van der Waals surface area contributed by atoms with E-state index in [1.165, 1.54) is 12.0 Å². The van der Waals surface area contributed by atoms with E-state index in [0.717, 1.165) is 38.3 Å². The van der Waals surface area contributed by atoms with Crippen molar-refractivity contribution in [3.8, 4) is 0 Å². The molecule has 2 aromatic carbocycles. The Morgan fingerprint density at radius 1 is 0.833 bits per heavy atom. The van der Waals surface area contributed by atoms with Crippen molar-refractivity contribution in [2.75, 3.05) is 26.2 Å². The molecule has 0 saturated carbocycles. The Hall–Kier alpha value is -2.13. The second-order valence-corrected chi connectivity index (χ2v) is 7.22. The summed E-state index contributed by atoms with van der Waals surface area (Å²) in [6.07, 6.45) is 1.27. The van der Waals surface area contributed by atoms with Crippen LogP contribution in [0.1, 0.15) is 22.3 Å². The van der Waals surface area contributed by atoms with Gasteiger partial charge in [-0.1, -0.05) is 48.5 Å². The van der Waals surface area contributed by atoms with E-state index in [0.29, 0.717) is 11.8 Å². The molecule has 2 bridgehead atoms. The molecule has 0 aromatic heterocycles. The molecule has 2 heterocycles. The second-order valence-electron chi connectivity index (χ2n) is 7.22. The van der Waals surface area contributed by atoms with Gasteiger partial charge in [0.25, 0.3) is 5.91 Å². The maximum atomic E-state index is 12.7. The van der Waals surface area contributed by atoms with Gasteiger partial charge >= 0.3 is 0 Å². The molecule has 0 spiro atoms. The van der Waals surface area contributed by atoms with Crippen LogP contribution in [0.2, 0.25) is 0 Å². The molecule has 0 N–H and O–H groups in total. The van der Waals surface area contributed by atoms with E-state index in [9.17, 15) is 4.79 Å². The number of carbonyl (C=O) groups excluding carboxylic acids is 1. The molecule has 2 unspecified atom stereocenters. The Balaban J connectivity index is 1.40. The highest BCUT2D eigenvalue weighted by Crippen LogP contribution is 2.30. The largest absolute Gasteiger partial charge is 0.338 e. The average Bonchev–Trinajstić information content (AvgIpc) is 2.62. The summed E-state index contributed by atoms with van der Waals surface area (Å²) in [6.45, 7) is 5.03. The zero-order chi connectivity index (χ0) is 16.4. The van der Waals surface area contributed by atoms with Gasteiger partial charge < -0.3 is 4.90 Å². The Bertz CT molecular complexity index is 671. The van der Waals surface area contributed by atoms with E-state index in [-0.39, 0.29) is 5.91 Å². The first-order valence-electron chi connectivity index (χ1n) is 8.88. The predicted molar refractivity (Wildman–Crippen MR) is 95.7 cm³/mol. The third-order valence-corrected chi connectivity index (χ3v) is 5.21. The summed E-state index contributed by atoms with van der Waals surface area (Å²) in [6, 6.07) is 20.4.